The second-order valence-electron chi connectivity index (χ2n) is 5.59. The average molecular weight is 225 g/mol. The van der Waals surface area contributed by atoms with Crippen LogP contribution in [0.3, 0.4) is 0 Å². The van der Waals surface area contributed by atoms with Crippen molar-refractivity contribution in [2.24, 2.45) is 5.92 Å². The summed E-state index contributed by atoms with van der Waals surface area (Å²) >= 11 is 0. The largest absolute Gasteiger partial charge is 0.378 e. The van der Waals surface area contributed by atoms with Crippen molar-refractivity contribution in [2.45, 2.75) is 64.5 Å². The fourth-order valence-electron chi connectivity index (χ4n) is 3.28. The first-order valence-corrected chi connectivity index (χ1v) is 7.17. The molecule has 1 unspecified atom stereocenters. The highest BCUT2D eigenvalue weighted by Gasteiger charge is 2.33. The number of hydrogen-bond acceptors (Lipinski definition) is 2. The summed E-state index contributed by atoms with van der Waals surface area (Å²) in [6, 6.07) is 0.804. The lowest BCUT2D eigenvalue weighted by Crippen LogP contribution is -2.44. The Bertz CT molecular complexity index is 199. The average Bonchev–Trinajstić information content (AvgIpc) is 2.81. The van der Waals surface area contributed by atoms with E-state index in [1.165, 1.54) is 45.2 Å². The molecule has 0 aromatic rings. The van der Waals surface area contributed by atoms with Crippen LogP contribution in [0.2, 0.25) is 0 Å². The van der Waals surface area contributed by atoms with Crippen molar-refractivity contribution in [2.75, 3.05) is 19.7 Å². The van der Waals surface area contributed by atoms with Gasteiger partial charge >= 0.3 is 0 Å². The van der Waals surface area contributed by atoms with Crippen molar-refractivity contribution >= 4 is 0 Å². The Morgan fingerprint density at radius 3 is 2.62 bits per heavy atom. The lowest BCUT2D eigenvalue weighted by atomic mass is 9.83. The van der Waals surface area contributed by atoms with Gasteiger partial charge in [-0.1, -0.05) is 13.8 Å². The van der Waals surface area contributed by atoms with Crippen LogP contribution in [-0.2, 0) is 4.74 Å². The first kappa shape index (κ1) is 12.4. The van der Waals surface area contributed by atoms with Crippen molar-refractivity contribution in [1.82, 2.24) is 4.90 Å². The van der Waals surface area contributed by atoms with E-state index in [1.807, 2.05) is 0 Å². The van der Waals surface area contributed by atoms with E-state index >= 15 is 0 Å². The molecule has 1 saturated heterocycles. The zero-order chi connectivity index (χ0) is 11.4. The smallest absolute Gasteiger partial charge is 0.0590 e. The molecular weight excluding hydrogens is 198 g/mol. The Morgan fingerprint density at radius 2 is 1.94 bits per heavy atom. The first-order chi connectivity index (χ1) is 7.81. The molecule has 94 valence electrons. The van der Waals surface area contributed by atoms with Crippen LogP contribution in [0.25, 0.3) is 0 Å². The minimum absolute atomic E-state index is 0.543. The van der Waals surface area contributed by atoms with Crippen molar-refractivity contribution in [3.05, 3.63) is 0 Å². The second-order valence-corrected chi connectivity index (χ2v) is 5.59. The molecule has 2 aliphatic rings. The normalized spacial score (nSPS) is 36.8. The standard InChI is InChI=1S/C14H27NO/c1-3-10-16-13-7-6-12(2)14(11-13)15-8-4-5-9-15/h12-14H,3-11H2,1-2H3/t12-,13?,14-/m0/s1. The van der Waals surface area contributed by atoms with Crippen LogP contribution in [-0.4, -0.2) is 36.7 Å². The molecule has 0 N–H and O–H groups in total. The Morgan fingerprint density at radius 1 is 1.19 bits per heavy atom. The molecule has 1 aliphatic carbocycles. The molecule has 1 aliphatic heterocycles. The van der Waals surface area contributed by atoms with Gasteiger partial charge in [0.15, 0.2) is 0 Å². The maximum Gasteiger partial charge on any atom is 0.0590 e. The van der Waals surface area contributed by atoms with Gasteiger partial charge in [-0.2, -0.15) is 0 Å². The zero-order valence-corrected chi connectivity index (χ0v) is 11.0. The number of nitrogens with zero attached hydrogens (tertiary/aromatic N) is 1. The fraction of sp³-hybridized carbons (Fsp3) is 1.00. The summed E-state index contributed by atoms with van der Waals surface area (Å²) in [4.78, 5) is 2.71. The Kier molecular flexibility index (Phi) is 4.66. The molecule has 0 amide bonds. The predicted molar refractivity (Wildman–Crippen MR) is 67.6 cm³/mol. The summed E-state index contributed by atoms with van der Waals surface area (Å²) in [5.41, 5.74) is 0. The van der Waals surface area contributed by atoms with Crippen molar-refractivity contribution in [3.63, 3.8) is 0 Å². The molecule has 16 heavy (non-hydrogen) atoms. The Hall–Kier alpha value is -0.0800. The summed E-state index contributed by atoms with van der Waals surface area (Å²) in [5.74, 6) is 0.875. The van der Waals surface area contributed by atoms with Gasteiger partial charge in [0.05, 0.1) is 6.10 Å². The summed E-state index contributed by atoms with van der Waals surface area (Å²) < 4.78 is 5.94. The predicted octanol–water partition coefficient (Wildman–Crippen LogP) is 3.07. The lowest BCUT2D eigenvalue weighted by molar-refractivity contribution is -0.0136. The number of likely N-dealkylation sites (tertiary alicyclic amines) is 1. The van der Waals surface area contributed by atoms with Gasteiger partial charge < -0.3 is 9.64 Å². The van der Waals surface area contributed by atoms with Crippen molar-refractivity contribution in [1.29, 1.82) is 0 Å². The van der Waals surface area contributed by atoms with E-state index < -0.39 is 0 Å². The second kappa shape index (κ2) is 6.02. The van der Waals surface area contributed by atoms with Gasteiger partial charge in [0, 0.05) is 12.6 Å². The topological polar surface area (TPSA) is 12.5 Å². The lowest BCUT2D eigenvalue weighted by Gasteiger charge is -2.39. The fourth-order valence-corrected chi connectivity index (χ4v) is 3.28. The third-order valence-corrected chi connectivity index (χ3v) is 4.27. The summed E-state index contributed by atoms with van der Waals surface area (Å²) in [5, 5.41) is 0. The maximum atomic E-state index is 5.94. The molecule has 2 nitrogen and oxygen atoms in total. The van der Waals surface area contributed by atoms with E-state index in [-0.39, 0.29) is 0 Å². The zero-order valence-electron chi connectivity index (χ0n) is 11.0. The molecule has 0 radical (unpaired) electrons. The summed E-state index contributed by atoms with van der Waals surface area (Å²) in [6.07, 6.45) is 8.43. The van der Waals surface area contributed by atoms with Crippen molar-refractivity contribution < 1.29 is 4.74 Å². The molecule has 0 spiro atoms. The first-order valence-electron chi connectivity index (χ1n) is 7.17. The van der Waals surface area contributed by atoms with Gasteiger partial charge in [0.25, 0.3) is 0 Å². The summed E-state index contributed by atoms with van der Waals surface area (Å²) in [7, 11) is 0. The molecule has 0 aromatic heterocycles. The molecule has 1 heterocycles. The molecule has 2 rings (SSSR count). The van der Waals surface area contributed by atoms with Crippen LogP contribution < -0.4 is 0 Å². The third-order valence-electron chi connectivity index (χ3n) is 4.27. The van der Waals surface area contributed by atoms with Crippen molar-refractivity contribution in [3.8, 4) is 0 Å². The van der Waals surface area contributed by atoms with Gasteiger partial charge in [0.2, 0.25) is 0 Å². The number of hydrogen-bond donors (Lipinski definition) is 0. The van der Waals surface area contributed by atoms with E-state index in [1.54, 1.807) is 0 Å². The molecule has 2 fully saturated rings. The van der Waals surface area contributed by atoms with Crippen LogP contribution in [0.5, 0.6) is 0 Å². The van der Waals surface area contributed by atoms with Gasteiger partial charge in [-0.3, -0.25) is 0 Å². The molecular formula is C14H27NO. The Labute approximate surface area is 100 Å². The SMILES string of the molecule is CCCOC1CC[C@H](C)[C@@H](N2CCCC2)C1. The van der Waals surface area contributed by atoms with Crippen LogP contribution >= 0.6 is 0 Å². The van der Waals surface area contributed by atoms with Gasteiger partial charge in [0.1, 0.15) is 0 Å². The monoisotopic (exact) mass is 225 g/mol. The molecule has 3 atom stereocenters. The van der Waals surface area contributed by atoms with Crippen LogP contribution in [0, 0.1) is 5.92 Å². The van der Waals surface area contributed by atoms with Crippen LogP contribution in [0.4, 0.5) is 0 Å². The van der Waals surface area contributed by atoms with Gasteiger partial charge in [-0.05, 0) is 57.5 Å². The minimum Gasteiger partial charge on any atom is -0.378 e. The number of ether oxygens (including phenoxy) is 1. The van der Waals surface area contributed by atoms with E-state index in [0.29, 0.717) is 6.10 Å². The summed E-state index contributed by atoms with van der Waals surface area (Å²) in [6.45, 7) is 8.24. The molecule has 2 heteroatoms. The molecule has 0 aromatic carbocycles. The van der Waals surface area contributed by atoms with E-state index in [0.717, 1.165) is 25.0 Å². The van der Waals surface area contributed by atoms with E-state index in [9.17, 15) is 0 Å². The number of rotatable bonds is 4. The highest BCUT2D eigenvalue weighted by Crippen LogP contribution is 2.31. The quantitative estimate of drug-likeness (QED) is 0.729. The third kappa shape index (κ3) is 2.98. The highest BCUT2D eigenvalue weighted by molar-refractivity contribution is 4.87. The minimum atomic E-state index is 0.543. The van der Waals surface area contributed by atoms with Gasteiger partial charge in [-0.25, -0.2) is 0 Å². The highest BCUT2D eigenvalue weighted by atomic mass is 16.5. The van der Waals surface area contributed by atoms with Crippen LogP contribution in [0.1, 0.15) is 52.4 Å². The van der Waals surface area contributed by atoms with Crippen LogP contribution in [0.15, 0.2) is 0 Å². The molecule has 0 bridgehead atoms. The van der Waals surface area contributed by atoms with Gasteiger partial charge in [-0.15, -0.1) is 0 Å². The van der Waals surface area contributed by atoms with E-state index in [2.05, 4.69) is 18.7 Å². The van der Waals surface area contributed by atoms with E-state index in [4.69, 9.17) is 4.74 Å². The maximum absolute atomic E-state index is 5.94. The molecule has 1 saturated carbocycles. The Balaban J connectivity index is 1.84.